The Bertz CT molecular complexity index is 966. The first-order valence-corrected chi connectivity index (χ1v) is 11.8. The molecule has 0 aliphatic carbocycles. The molecule has 1 saturated heterocycles. The summed E-state index contributed by atoms with van der Waals surface area (Å²) in [6, 6.07) is 15.0. The van der Waals surface area contributed by atoms with Gasteiger partial charge < -0.3 is 10.0 Å². The fraction of sp³-hybridized carbons (Fsp3) is 0.444. The van der Waals surface area contributed by atoms with Gasteiger partial charge in [-0.2, -0.15) is 0 Å². The normalized spacial score (nSPS) is 25.0. The molecular formula is C27H33Cl2NO2. The first-order chi connectivity index (χ1) is 15.0. The smallest absolute Gasteiger partial charge is 0.229 e. The van der Waals surface area contributed by atoms with Crippen molar-refractivity contribution in [2.75, 3.05) is 6.61 Å². The maximum Gasteiger partial charge on any atom is 0.229 e. The lowest BCUT2D eigenvalue weighted by molar-refractivity contribution is -0.160. The Labute approximate surface area is 202 Å². The fourth-order valence-electron chi connectivity index (χ4n) is 5.01. The molecule has 3 rings (SSSR count). The van der Waals surface area contributed by atoms with E-state index in [1.807, 2.05) is 60.4 Å². The summed E-state index contributed by atoms with van der Waals surface area (Å²) in [5.41, 5.74) is 1.13. The maximum absolute atomic E-state index is 14.1. The molecule has 4 atom stereocenters. The van der Waals surface area contributed by atoms with Crippen LogP contribution in [0.15, 0.2) is 61.2 Å². The largest absolute Gasteiger partial charge is 0.394 e. The van der Waals surface area contributed by atoms with Crippen molar-refractivity contribution in [3.05, 3.63) is 82.4 Å². The zero-order valence-corrected chi connectivity index (χ0v) is 20.8. The summed E-state index contributed by atoms with van der Waals surface area (Å²) < 4.78 is 0. The van der Waals surface area contributed by atoms with Gasteiger partial charge in [-0.15, -0.1) is 6.58 Å². The Balaban J connectivity index is 2.27. The maximum atomic E-state index is 14.1. The third-order valence-electron chi connectivity index (χ3n) is 6.69. The minimum atomic E-state index is -0.629. The van der Waals surface area contributed by atoms with Crippen LogP contribution in [0.3, 0.4) is 0 Å². The molecule has 0 radical (unpaired) electrons. The van der Waals surface area contributed by atoms with Crippen LogP contribution in [0.1, 0.15) is 63.6 Å². The molecule has 0 aromatic heterocycles. The van der Waals surface area contributed by atoms with Crippen LogP contribution in [0.5, 0.6) is 0 Å². The van der Waals surface area contributed by atoms with Crippen molar-refractivity contribution in [1.29, 1.82) is 0 Å². The monoisotopic (exact) mass is 473 g/mol. The second kappa shape index (κ2) is 9.59. The number of nitrogens with zero attached hydrogens (tertiary/aromatic N) is 1. The van der Waals surface area contributed by atoms with Gasteiger partial charge in [0.2, 0.25) is 5.91 Å². The van der Waals surface area contributed by atoms with Gasteiger partial charge in [0, 0.05) is 16.0 Å². The van der Waals surface area contributed by atoms with E-state index in [9.17, 15) is 9.90 Å². The third kappa shape index (κ3) is 4.90. The van der Waals surface area contributed by atoms with Crippen molar-refractivity contribution in [3.63, 3.8) is 0 Å². The average Bonchev–Trinajstić information content (AvgIpc) is 2.71. The highest BCUT2D eigenvalue weighted by molar-refractivity contribution is 6.30. The molecule has 0 bridgehead atoms. The Kier molecular flexibility index (Phi) is 7.44. The van der Waals surface area contributed by atoms with Gasteiger partial charge in [-0.05, 0) is 53.6 Å². The summed E-state index contributed by atoms with van der Waals surface area (Å²) in [5, 5.41) is 11.8. The van der Waals surface area contributed by atoms with Crippen LogP contribution in [-0.2, 0) is 4.79 Å². The van der Waals surface area contributed by atoms with E-state index in [1.54, 1.807) is 0 Å². The first kappa shape index (κ1) is 24.8. The van der Waals surface area contributed by atoms with Crippen LogP contribution >= 0.6 is 23.2 Å². The molecule has 2 unspecified atom stereocenters. The molecule has 5 heteroatoms. The average molecular weight is 474 g/mol. The van der Waals surface area contributed by atoms with Crippen LogP contribution in [0, 0.1) is 10.8 Å². The summed E-state index contributed by atoms with van der Waals surface area (Å²) in [6.07, 6.45) is 3.04. The minimum Gasteiger partial charge on any atom is -0.394 e. The zero-order chi connectivity index (χ0) is 23.7. The second-order valence-corrected chi connectivity index (χ2v) is 11.1. The number of likely N-dealkylation sites (tertiary alicyclic amines) is 1. The molecule has 1 aliphatic heterocycles. The molecule has 172 valence electrons. The van der Waals surface area contributed by atoms with E-state index in [1.165, 1.54) is 0 Å². The molecule has 2 aromatic rings. The van der Waals surface area contributed by atoms with Gasteiger partial charge in [0.05, 0.1) is 24.1 Å². The number of allylic oxidation sites excluding steroid dienone is 1. The van der Waals surface area contributed by atoms with Crippen LogP contribution in [0.25, 0.3) is 0 Å². The highest BCUT2D eigenvalue weighted by atomic mass is 35.5. The number of amides is 1. The number of hydrogen-bond acceptors (Lipinski definition) is 2. The number of rotatable bonds is 6. The number of carbonyl (C=O) groups excluding carboxylic acids is 1. The van der Waals surface area contributed by atoms with Crippen molar-refractivity contribution >= 4 is 29.1 Å². The minimum absolute atomic E-state index is 0.00562. The van der Waals surface area contributed by atoms with E-state index in [-0.39, 0.29) is 35.9 Å². The number of benzene rings is 2. The van der Waals surface area contributed by atoms with Gasteiger partial charge in [0.25, 0.3) is 0 Å². The molecule has 1 aliphatic rings. The Morgan fingerprint density at radius 2 is 1.81 bits per heavy atom. The molecule has 3 nitrogen and oxygen atoms in total. The van der Waals surface area contributed by atoms with Crippen molar-refractivity contribution in [3.8, 4) is 0 Å². The molecule has 1 fully saturated rings. The molecular weight excluding hydrogens is 441 g/mol. The van der Waals surface area contributed by atoms with Gasteiger partial charge in [0.1, 0.15) is 0 Å². The standard InChI is InChI=1S/C27H33Cl2NO2/c1-6-14-27(5)16-22(19-8-7-9-21(29)15-19)24(18-10-12-20(28)13-11-18)30(25(27)32)23(17-31)26(2,3)4/h6-13,15,22-24,31H,1,14,16-17H2,2-5H3/t22?,23?,24-,27+/m1/s1. The summed E-state index contributed by atoms with van der Waals surface area (Å²) in [6.45, 7) is 12.0. The van der Waals surface area contributed by atoms with Gasteiger partial charge in [-0.3, -0.25) is 4.79 Å². The number of aliphatic hydroxyl groups excluding tert-OH is 1. The highest BCUT2D eigenvalue weighted by Gasteiger charge is 2.52. The molecule has 32 heavy (non-hydrogen) atoms. The van der Waals surface area contributed by atoms with Gasteiger partial charge in [-0.25, -0.2) is 0 Å². The van der Waals surface area contributed by atoms with Gasteiger partial charge in [-0.1, -0.05) is 81.2 Å². The van der Waals surface area contributed by atoms with Crippen LogP contribution in [-0.4, -0.2) is 28.6 Å². The number of piperidine rings is 1. The lowest BCUT2D eigenvalue weighted by Gasteiger charge is -2.54. The Morgan fingerprint density at radius 3 is 2.34 bits per heavy atom. The summed E-state index contributed by atoms with van der Waals surface area (Å²) >= 11 is 12.6. The molecule has 2 aromatic carbocycles. The predicted molar refractivity (Wildman–Crippen MR) is 133 cm³/mol. The van der Waals surface area contributed by atoms with E-state index in [4.69, 9.17) is 23.2 Å². The van der Waals surface area contributed by atoms with Crippen molar-refractivity contribution in [2.24, 2.45) is 10.8 Å². The van der Waals surface area contributed by atoms with Crippen LogP contribution in [0.4, 0.5) is 0 Å². The highest BCUT2D eigenvalue weighted by Crippen LogP contribution is 2.53. The van der Waals surface area contributed by atoms with E-state index in [0.29, 0.717) is 22.9 Å². The van der Waals surface area contributed by atoms with Crippen molar-refractivity contribution < 1.29 is 9.90 Å². The second-order valence-electron chi connectivity index (χ2n) is 10.2. The van der Waals surface area contributed by atoms with Gasteiger partial charge >= 0.3 is 0 Å². The lowest BCUT2D eigenvalue weighted by atomic mass is 9.66. The van der Waals surface area contributed by atoms with Crippen molar-refractivity contribution in [2.45, 2.75) is 58.5 Å². The number of carbonyl (C=O) groups is 1. The van der Waals surface area contributed by atoms with E-state index >= 15 is 0 Å². The SMILES string of the molecule is C=CC[C@@]1(C)CC(c2cccc(Cl)c2)[C@@H](c2ccc(Cl)cc2)N(C(CO)C(C)(C)C)C1=O. The topological polar surface area (TPSA) is 40.5 Å². The first-order valence-electron chi connectivity index (χ1n) is 11.1. The number of hydrogen-bond donors (Lipinski definition) is 1. The summed E-state index contributed by atoms with van der Waals surface area (Å²) in [5.74, 6) is 0.0403. The molecule has 0 saturated carbocycles. The fourth-order valence-corrected chi connectivity index (χ4v) is 5.33. The summed E-state index contributed by atoms with van der Waals surface area (Å²) in [4.78, 5) is 16.0. The number of aliphatic hydroxyl groups is 1. The summed E-state index contributed by atoms with van der Waals surface area (Å²) in [7, 11) is 0. The Morgan fingerprint density at radius 1 is 1.16 bits per heavy atom. The van der Waals surface area contributed by atoms with E-state index in [0.717, 1.165) is 11.1 Å². The molecule has 1 amide bonds. The Hall–Kier alpha value is -1.81. The van der Waals surface area contributed by atoms with Crippen LogP contribution < -0.4 is 0 Å². The lowest BCUT2D eigenvalue weighted by Crippen LogP contribution is -2.59. The third-order valence-corrected chi connectivity index (χ3v) is 7.18. The number of halogens is 2. The van der Waals surface area contributed by atoms with E-state index < -0.39 is 5.41 Å². The van der Waals surface area contributed by atoms with Crippen LogP contribution in [0.2, 0.25) is 10.0 Å². The van der Waals surface area contributed by atoms with Crippen molar-refractivity contribution in [1.82, 2.24) is 4.90 Å². The molecule has 1 heterocycles. The van der Waals surface area contributed by atoms with Gasteiger partial charge in [0.15, 0.2) is 0 Å². The molecule has 1 N–H and O–H groups in total. The molecule has 0 spiro atoms. The van der Waals surface area contributed by atoms with E-state index in [2.05, 4.69) is 33.4 Å². The zero-order valence-electron chi connectivity index (χ0n) is 19.3. The quantitative estimate of drug-likeness (QED) is 0.456. The predicted octanol–water partition coefficient (Wildman–Crippen LogP) is 7.04.